The van der Waals surface area contributed by atoms with E-state index in [4.69, 9.17) is 0 Å². The van der Waals surface area contributed by atoms with E-state index in [-0.39, 0.29) is 216 Å². The van der Waals surface area contributed by atoms with Crippen molar-refractivity contribution >= 4 is 216 Å². The van der Waals surface area contributed by atoms with Crippen molar-refractivity contribution in [3.63, 3.8) is 0 Å². The second-order valence-electron chi connectivity index (χ2n) is 0. The fraction of sp³-hybridized carbons (Fsp3) is 0. The standard InChI is InChI=1S/3Ca.2K.8H. The van der Waals surface area contributed by atoms with Crippen LogP contribution in [0, 0.1) is 0 Å². The van der Waals surface area contributed by atoms with Gasteiger partial charge >= 0.3 is 216 Å². The molecule has 0 nitrogen and oxygen atoms in total. The Kier molecular flexibility index (Phi) is 133. The molecule has 0 radical (unpaired) electrons. The maximum atomic E-state index is 0. The molecular weight excluding hydrogens is 198 g/mol. The molecule has 0 bridgehead atoms. The van der Waals surface area contributed by atoms with Crippen molar-refractivity contribution in [2.75, 3.05) is 0 Å². The third kappa shape index (κ3) is 18.2. The van der Waals surface area contributed by atoms with Gasteiger partial charge in [-0.3, -0.25) is 0 Å². The van der Waals surface area contributed by atoms with Crippen molar-refractivity contribution < 1.29 is 0 Å². The summed E-state index contributed by atoms with van der Waals surface area (Å²) in [5.41, 5.74) is 0. The zero-order valence-electron chi connectivity index (χ0n) is 0. The molecule has 0 unspecified atom stereocenters. The normalized spacial score (nSPS) is 0. The van der Waals surface area contributed by atoms with Crippen LogP contribution in [0.2, 0.25) is 0 Å². The Balaban J connectivity index is 0. The van der Waals surface area contributed by atoms with Crippen LogP contribution in [-0.4, -0.2) is 216 Å². The van der Waals surface area contributed by atoms with Gasteiger partial charge < -0.3 is 0 Å². The first kappa shape index (κ1) is 29.6. The number of hydrogen-bond acceptors (Lipinski definition) is 0. The van der Waals surface area contributed by atoms with Crippen molar-refractivity contribution in [2.45, 2.75) is 0 Å². The first-order valence-electron chi connectivity index (χ1n) is 0. The van der Waals surface area contributed by atoms with Crippen LogP contribution in [-0.2, 0) is 0 Å². The number of hydrogen-bond donors (Lipinski definition) is 0. The molecule has 0 aliphatic rings. The van der Waals surface area contributed by atoms with E-state index < -0.39 is 0 Å². The van der Waals surface area contributed by atoms with Gasteiger partial charge in [-0.15, -0.1) is 0 Å². The van der Waals surface area contributed by atoms with E-state index in [0.717, 1.165) is 0 Å². The van der Waals surface area contributed by atoms with Crippen molar-refractivity contribution in [2.24, 2.45) is 0 Å². The zero-order chi connectivity index (χ0) is 0. The molecule has 0 atom stereocenters. The third-order valence-electron chi connectivity index (χ3n) is 0. The van der Waals surface area contributed by atoms with Crippen LogP contribution in [0.5, 0.6) is 0 Å². The van der Waals surface area contributed by atoms with E-state index in [1.54, 1.807) is 0 Å². The van der Waals surface area contributed by atoms with Gasteiger partial charge in [0, 0.05) is 0 Å². The average molecular weight is 206 g/mol. The molecule has 0 aromatic carbocycles. The summed E-state index contributed by atoms with van der Waals surface area (Å²) in [6, 6.07) is 0. The van der Waals surface area contributed by atoms with Gasteiger partial charge in [0.05, 0.1) is 0 Å². The maximum absolute atomic E-state index is 0. The molecule has 0 amide bonds. The van der Waals surface area contributed by atoms with Gasteiger partial charge in [-0.25, -0.2) is 0 Å². The van der Waals surface area contributed by atoms with Crippen LogP contribution in [0.1, 0.15) is 0 Å². The van der Waals surface area contributed by atoms with Crippen molar-refractivity contribution in [1.82, 2.24) is 0 Å². The van der Waals surface area contributed by atoms with E-state index in [0.29, 0.717) is 0 Å². The van der Waals surface area contributed by atoms with Crippen molar-refractivity contribution in [1.29, 1.82) is 0 Å². The van der Waals surface area contributed by atoms with E-state index in [2.05, 4.69) is 0 Å². The molecule has 5 heavy (non-hydrogen) atoms. The first-order valence-corrected chi connectivity index (χ1v) is 0. The third-order valence-corrected chi connectivity index (χ3v) is 0. The van der Waals surface area contributed by atoms with Gasteiger partial charge in [-0.05, 0) is 0 Å². The summed E-state index contributed by atoms with van der Waals surface area (Å²) in [7, 11) is 0. The summed E-state index contributed by atoms with van der Waals surface area (Å²) in [5, 5.41) is 0. The predicted molar refractivity (Wildman–Crippen MR) is 39.9 cm³/mol. The molecule has 0 aliphatic carbocycles. The molecule has 0 aromatic heterocycles. The first-order chi connectivity index (χ1) is 0. The average Bonchev–Trinajstić information content (AvgIpc) is 0. The topological polar surface area (TPSA) is 0 Å². The monoisotopic (exact) mass is 206 g/mol. The van der Waals surface area contributed by atoms with E-state index in [1.165, 1.54) is 0 Å². The van der Waals surface area contributed by atoms with Crippen LogP contribution >= 0.6 is 0 Å². The van der Waals surface area contributed by atoms with Crippen molar-refractivity contribution in [3.8, 4) is 0 Å². The Morgan fingerprint density at radius 1 is 0.400 bits per heavy atom. The Hall–Kier alpha value is 7.05. The second kappa shape index (κ2) is 22.5. The minimum atomic E-state index is 0. The zero-order valence-corrected chi connectivity index (χ0v) is 0. The summed E-state index contributed by atoms with van der Waals surface area (Å²) < 4.78 is 0. The Labute approximate surface area is 208 Å². The molecule has 0 saturated heterocycles. The number of rotatable bonds is 0. The van der Waals surface area contributed by atoms with E-state index in [9.17, 15) is 0 Å². The van der Waals surface area contributed by atoms with Crippen LogP contribution in [0.3, 0.4) is 0 Å². The minimum absolute atomic E-state index is 0. The van der Waals surface area contributed by atoms with Gasteiger partial charge in [0.2, 0.25) is 0 Å². The fourth-order valence-corrected chi connectivity index (χ4v) is 0. The van der Waals surface area contributed by atoms with Gasteiger partial charge in [-0.2, -0.15) is 0 Å². The van der Waals surface area contributed by atoms with Gasteiger partial charge in [0.15, 0.2) is 0 Å². The summed E-state index contributed by atoms with van der Waals surface area (Å²) in [6.45, 7) is 0. The molecule has 0 aliphatic heterocycles. The summed E-state index contributed by atoms with van der Waals surface area (Å²) in [6.07, 6.45) is 0. The van der Waals surface area contributed by atoms with Gasteiger partial charge in [0.1, 0.15) is 0 Å². The molecule has 0 fully saturated rings. The Bertz CT molecular complexity index is 4.85. The second-order valence-corrected chi connectivity index (χ2v) is 0. The molecule has 0 rings (SSSR count). The SMILES string of the molecule is [CaH2].[CaH2].[CaH2].[KH].[KH]. The molecule has 0 aromatic rings. The van der Waals surface area contributed by atoms with Crippen LogP contribution < -0.4 is 0 Å². The van der Waals surface area contributed by atoms with Crippen molar-refractivity contribution in [3.05, 3.63) is 0 Å². The molecule has 0 N–H and O–H groups in total. The summed E-state index contributed by atoms with van der Waals surface area (Å²) >= 11 is 0. The molecule has 0 saturated carbocycles. The van der Waals surface area contributed by atoms with Crippen LogP contribution in [0.15, 0.2) is 0 Å². The summed E-state index contributed by atoms with van der Waals surface area (Å²) in [4.78, 5) is 0. The molecule has 16 valence electrons. The van der Waals surface area contributed by atoms with Crippen LogP contribution in [0.25, 0.3) is 0 Å². The Morgan fingerprint density at radius 3 is 0.400 bits per heavy atom. The molecule has 0 heterocycles. The molecule has 5 heteroatoms. The summed E-state index contributed by atoms with van der Waals surface area (Å²) in [5.74, 6) is 0. The van der Waals surface area contributed by atoms with E-state index in [1.807, 2.05) is 0 Å². The quantitative estimate of drug-likeness (QED) is 0.354. The molecule has 0 spiro atoms. The Morgan fingerprint density at radius 2 is 0.400 bits per heavy atom. The van der Waals surface area contributed by atoms with Gasteiger partial charge in [-0.1, -0.05) is 0 Å². The molecular formula is H8Ca3K2. The van der Waals surface area contributed by atoms with Crippen LogP contribution in [0.4, 0.5) is 0 Å². The van der Waals surface area contributed by atoms with E-state index >= 15 is 0 Å². The fourth-order valence-electron chi connectivity index (χ4n) is 0. The predicted octanol–water partition coefficient (Wildman–Crippen LogP) is -4.05. The van der Waals surface area contributed by atoms with Gasteiger partial charge in [0.25, 0.3) is 0 Å².